The molecule has 0 radical (unpaired) electrons. The molecule has 0 aliphatic carbocycles. The van der Waals surface area contributed by atoms with Crippen molar-refractivity contribution in [1.82, 2.24) is 0 Å². The molecule has 0 saturated heterocycles. The van der Waals surface area contributed by atoms with Gasteiger partial charge in [-0.15, -0.1) is 0 Å². The summed E-state index contributed by atoms with van der Waals surface area (Å²) in [4.78, 5) is 0. The summed E-state index contributed by atoms with van der Waals surface area (Å²) in [5.41, 5.74) is 0.576. The molecule has 0 aromatic heterocycles. The van der Waals surface area contributed by atoms with E-state index in [1.165, 1.54) is 0 Å². The second kappa shape index (κ2) is 3.21. The molecule has 2 nitrogen and oxygen atoms in total. The van der Waals surface area contributed by atoms with Crippen molar-refractivity contribution in [2.24, 2.45) is 0 Å². The summed E-state index contributed by atoms with van der Waals surface area (Å²) in [5.74, 6) is 0.186. The van der Waals surface area contributed by atoms with E-state index in [0.717, 1.165) is 3.57 Å². The number of hydrogen-bond acceptors (Lipinski definition) is 2. The Morgan fingerprint density at radius 2 is 2.10 bits per heavy atom. The van der Waals surface area contributed by atoms with Gasteiger partial charge in [0.1, 0.15) is 5.75 Å². The van der Waals surface area contributed by atoms with Crippen molar-refractivity contribution in [1.29, 1.82) is 0 Å². The lowest BCUT2D eigenvalue weighted by Crippen LogP contribution is -1.84. The minimum atomic E-state index is -0.108. The summed E-state index contributed by atoms with van der Waals surface area (Å²) < 4.78 is 0.768. The molecule has 0 aliphatic rings. The van der Waals surface area contributed by atoms with Gasteiger partial charge in [0.25, 0.3) is 0 Å². The number of rotatable bonds is 1. The first-order valence-corrected chi connectivity index (χ1v) is 3.91. The van der Waals surface area contributed by atoms with Crippen molar-refractivity contribution >= 4 is 22.6 Å². The van der Waals surface area contributed by atoms with E-state index in [-0.39, 0.29) is 12.4 Å². The Morgan fingerprint density at radius 3 is 2.60 bits per heavy atom. The summed E-state index contributed by atoms with van der Waals surface area (Å²) in [6, 6.07) is 5.28. The van der Waals surface area contributed by atoms with Crippen molar-refractivity contribution in [2.75, 3.05) is 0 Å². The van der Waals surface area contributed by atoms with Crippen molar-refractivity contribution in [3.05, 3.63) is 27.3 Å². The third-order valence-corrected chi connectivity index (χ3v) is 2.11. The van der Waals surface area contributed by atoms with Crippen LogP contribution in [0.25, 0.3) is 0 Å². The van der Waals surface area contributed by atoms with E-state index >= 15 is 0 Å². The van der Waals surface area contributed by atoms with E-state index in [4.69, 9.17) is 5.11 Å². The van der Waals surface area contributed by atoms with Gasteiger partial charge in [0.15, 0.2) is 0 Å². The second-order valence-corrected chi connectivity index (χ2v) is 3.07. The molecule has 1 aromatic carbocycles. The fourth-order valence-electron chi connectivity index (χ4n) is 0.688. The van der Waals surface area contributed by atoms with Gasteiger partial charge in [-0.3, -0.25) is 0 Å². The lowest BCUT2D eigenvalue weighted by molar-refractivity contribution is 0.275. The van der Waals surface area contributed by atoms with Gasteiger partial charge in [-0.2, -0.15) is 0 Å². The van der Waals surface area contributed by atoms with Crippen LogP contribution in [0.4, 0.5) is 0 Å². The van der Waals surface area contributed by atoms with E-state index in [0.29, 0.717) is 5.56 Å². The van der Waals surface area contributed by atoms with Gasteiger partial charge >= 0.3 is 0 Å². The van der Waals surface area contributed by atoms with Crippen LogP contribution in [0, 0.1) is 3.57 Å². The zero-order chi connectivity index (χ0) is 7.56. The summed E-state index contributed by atoms with van der Waals surface area (Å²) in [6.45, 7) is -0.108. The van der Waals surface area contributed by atoms with E-state index < -0.39 is 0 Å². The third-order valence-electron chi connectivity index (χ3n) is 1.24. The maximum absolute atomic E-state index is 9.23. The Hall–Kier alpha value is -0.290. The zero-order valence-electron chi connectivity index (χ0n) is 5.21. The molecule has 0 aliphatic heterocycles. The molecule has 0 saturated carbocycles. The molecular formula is C7H7IO2. The van der Waals surface area contributed by atoms with E-state index in [9.17, 15) is 5.11 Å². The molecule has 54 valence electrons. The van der Waals surface area contributed by atoms with Gasteiger partial charge in [0, 0.05) is 5.56 Å². The van der Waals surface area contributed by atoms with Gasteiger partial charge in [-0.1, -0.05) is 12.1 Å². The van der Waals surface area contributed by atoms with Crippen molar-refractivity contribution in [3.8, 4) is 5.75 Å². The smallest absolute Gasteiger partial charge is 0.134 e. The minimum Gasteiger partial charge on any atom is -0.506 e. The molecule has 0 bridgehead atoms. The lowest BCUT2D eigenvalue weighted by Gasteiger charge is -2.00. The van der Waals surface area contributed by atoms with Crippen molar-refractivity contribution in [3.63, 3.8) is 0 Å². The third kappa shape index (κ3) is 1.41. The Labute approximate surface area is 72.6 Å². The van der Waals surface area contributed by atoms with Crippen LogP contribution >= 0.6 is 22.6 Å². The molecule has 10 heavy (non-hydrogen) atoms. The highest BCUT2D eigenvalue weighted by Crippen LogP contribution is 2.23. The first-order chi connectivity index (χ1) is 4.75. The van der Waals surface area contributed by atoms with Crippen LogP contribution in [0.5, 0.6) is 5.75 Å². The number of halogens is 1. The second-order valence-electron chi connectivity index (χ2n) is 1.91. The van der Waals surface area contributed by atoms with Crippen LogP contribution in [0.1, 0.15) is 5.56 Å². The topological polar surface area (TPSA) is 40.5 Å². The molecule has 0 atom stereocenters. The zero-order valence-corrected chi connectivity index (χ0v) is 7.37. The SMILES string of the molecule is OCc1cccc(I)c1O. The van der Waals surface area contributed by atoms with E-state index in [1.54, 1.807) is 18.2 Å². The van der Waals surface area contributed by atoms with Crippen molar-refractivity contribution in [2.45, 2.75) is 6.61 Å². The summed E-state index contributed by atoms with van der Waals surface area (Å²) in [5, 5.41) is 17.9. The lowest BCUT2D eigenvalue weighted by atomic mass is 10.2. The maximum Gasteiger partial charge on any atom is 0.134 e. The van der Waals surface area contributed by atoms with Crippen LogP contribution in [0.3, 0.4) is 0 Å². The number of hydrogen-bond donors (Lipinski definition) is 2. The predicted molar refractivity (Wildman–Crippen MR) is 46.7 cm³/mol. The molecule has 1 rings (SSSR count). The first-order valence-electron chi connectivity index (χ1n) is 2.83. The molecule has 0 unspecified atom stereocenters. The van der Waals surface area contributed by atoms with Gasteiger partial charge in [0.2, 0.25) is 0 Å². The number of para-hydroxylation sites is 1. The van der Waals surface area contributed by atoms with Crippen molar-refractivity contribution < 1.29 is 10.2 Å². The molecule has 3 heteroatoms. The molecule has 0 spiro atoms. The van der Waals surface area contributed by atoms with Gasteiger partial charge < -0.3 is 10.2 Å². The molecule has 0 heterocycles. The van der Waals surface area contributed by atoms with Gasteiger partial charge in [-0.05, 0) is 28.7 Å². The Kier molecular flexibility index (Phi) is 2.50. The van der Waals surface area contributed by atoms with Gasteiger partial charge in [-0.25, -0.2) is 0 Å². The fraction of sp³-hybridized carbons (Fsp3) is 0.143. The van der Waals surface area contributed by atoms with Crippen LogP contribution in [-0.4, -0.2) is 10.2 Å². The molecular weight excluding hydrogens is 243 g/mol. The summed E-state index contributed by atoms with van der Waals surface area (Å²) >= 11 is 2.01. The van der Waals surface area contributed by atoms with Gasteiger partial charge in [0.05, 0.1) is 10.2 Å². The quantitative estimate of drug-likeness (QED) is 0.741. The largest absolute Gasteiger partial charge is 0.506 e. The standard InChI is InChI=1S/C7H7IO2/c8-6-3-1-2-5(4-9)7(6)10/h1-3,9-10H,4H2. The Morgan fingerprint density at radius 1 is 1.40 bits per heavy atom. The summed E-state index contributed by atoms with van der Waals surface area (Å²) in [6.07, 6.45) is 0. The normalized spacial score (nSPS) is 9.80. The van der Waals surface area contributed by atoms with Crippen LogP contribution in [0.2, 0.25) is 0 Å². The fourth-order valence-corrected chi connectivity index (χ4v) is 1.24. The first kappa shape index (κ1) is 7.81. The monoisotopic (exact) mass is 250 g/mol. The highest BCUT2D eigenvalue weighted by atomic mass is 127. The van der Waals surface area contributed by atoms with Crippen LogP contribution in [0.15, 0.2) is 18.2 Å². The van der Waals surface area contributed by atoms with Crippen LogP contribution < -0.4 is 0 Å². The highest BCUT2D eigenvalue weighted by Gasteiger charge is 2.01. The minimum absolute atomic E-state index is 0.108. The summed E-state index contributed by atoms with van der Waals surface area (Å²) in [7, 11) is 0. The average Bonchev–Trinajstić information content (AvgIpc) is 1.95. The Bertz CT molecular complexity index is 235. The molecule has 0 amide bonds. The number of aromatic hydroxyl groups is 1. The van der Waals surface area contributed by atoms with E-state index in [2.05, 4.69) is 0 Å². The average molecular weight is 250 g/mol. The molecule has 0 fully saturated rings. The Balaban J connectivity index is 3.14. The number of benzene rings is 1. The molecule has 2 N–H and O–H groups in total. The maximum atomic E-state index is 9.23. The molecule has 1 aromatic rings. The van der Waals surface area contributed by atoms with Crippen LogP contribution in [-0.2, 0) is 6.61 Å². The number of phenols is 1. The number of aliphatic hydroxyl groups excluding tert-OH is 1. The number of aliphatic hydroxyl groups is 1. The highest BCUT2D eigenvalue weighted by molar-refractivity contribution is 14.1. The van der Waals surface area contributed by atoms with E-state index in [1.807, 2.05) is 22.6 Å². The predicted octanol–water partition coefficient (Wildman–Crippen LogP) is 1.49.